The van der Waals surface area contributed by atoms with Crippen LogP contribution < -0.4 is 0 Å². The van der Waals surface area contributed by atoms with E-state index >= 15 is 0 Å². The summed E-state index contributed by atoms with van der Waals surface area (Å²) in [7, 11) is 0. The molecule has 20 heavy (non-hydrogen) atoms. The molecule has 0 aliphatic rings. The first-order valence-corrected chi connectivity index (χ1v) is 8.04. The van der Waals surface area contributed by atoms with Crippen LogP contribution in [0.2, 0.25) is 0 Å². The molecule has 0 spiro atoms. The van der Waals surface area contributed by atoms with E-state index in [1.54, 1.807) is 17.4 Å². The average Bonchev–Trinajstić information content (AvgIpc) is 2.85. The van der Waals surface area contributed by atoms with E-state index in [0.29, 0.717) is 0 Å². The Morgan fingerprint density at radius 3 is 2.85 bits per heavy atom. The Morgan fingerprint density at radius 2 is 2.10 bits per heavy atom. The molecular weight excluding hydrogens is 288 g/mol. The van der Waals surface area contributed by atoms with Crippen molar-refractivity contribution in [3.63, 3.8) is 0 Å². The molecule has 0 radical (unpaired) electrons. The maximum Gasteiger partial charge on any atom is 0.328 e. The number of carbonyl (C=O) groups is 1. The van der Waals surface area contributed by atoms with E-state index in [9.17, 15) is 4.79 Å². The van der Waals surface area contributed by atoms with Crippen molar-refractivity contribution in [2.24, 2.45) is 0 Å². The van der Waals surface area contributed by atoms with Crippen LogP contribution in [-0.4, -0.2) is 11.1 Å². The minimum atomic E-state index is -0.912. The van der Waals surface area contributed by atoms with E-state index in [4.69, 9.17) is 5.11 Å². The van der Waals surface area contributed by atoms with Crippen molar-refractivity contribution in [2.75, 3.05) is 0 Å². The monoisotopic (exact) mass is 304 g/mol. The second-order valence-corrected chi connectivity index (χ2v) is 6.75. The third-order valence-electron chi connectivity index (χ3n) is 2.79. The van der Waals surface area contributed by atoms with Gasteiger partial charge in [0.05, 0.1) is 0 Å². The summed E-state index contributed by atoms with van der Waals surface area (Å²) < 4.78 is 0. The molecule has 2 rings (SSSR count). The molecule has 1 heterocycles. The van der Waals surface area contributed by atoms with E-state index in [2.05, 4.69) is 38.1 Å². The fourth-order valence-corrected chi connectivity index (χ4v) is 3.81. The quantitative estimate of drug-likeness (QED) is 0.639. The summed E-state index contributed by atoms with van der Waals surface area (Å²) in [4.78, 5) is 14.0. The summed E-state index contributed by atoms with van der Waals surface area (Å²) in [6, 6.07) is 10.5. The fraction of sp³-hybridized carbons (Fsp3) is 0.188. The van der Waals surface area contributed by atoms with E-state index in [-0.39, 0.29) is 0 Å². The fourth-order valence-electron chi connectivity index (χ4n) is 1.73. The van der Waals surface area contributed by atoms with Gasteiger partial charge in [0.25, 0.3) is 0 Å². The zero-order valence-corrected chi connectivity index (χ0v) is 13.1. The molecule has 0 fully saturated rings. The molecule has 0 aliphatic heterocycles. The van der Waals surface area contributed by atoms with Crippen LogP contribution in [0.15, 0.2) is 41.3 Å². The van der Waals surface area contributed by atoms with E-state index < -0.39 is 5.97 Å². The second kappa shape index (κ2) is 6.77. The molecule has 0 bridgehead atoms. The Morgan fingerprint density at radius 1 is 1.30 bits per heavy atom. The zero-order chi connectivity index (χ0) is 14.5. The molecule has 0 saturated heterocycles. The molecule has 0 saturated carbocycles. The van der Waals surface area contributed by atoms with Gasteiger partial charge in [0.15, 0.2) is 0 Å². The number of carboxylic acids is 1. The van der Waals surface area contributed by atoms with Crippen molar-refractivity contribution in [1.29, 1.82) is 0 Å². The Labute approximate surface area is 127 Å². The number of thioether (sulfide) groups is 1. The first-order chi connectivity index (χ1) is 9.54. The number of hydrogen-bond acceptors (Lipinski definition) is 3. The minimum Gasteiger partial charge on any atom is -0.478 e. The molecule has 0 amide bonds. The Bertz CT molecular complexity index is 642. The summed E-state index contributed by atoms with van der Waals surface area (Å²) in [5, 5.41) is 8.60. The predicted molar refractivity (Wildman–Crippen MR) is 86.5 cm³/mol. The molecule has 0 unspecified atom stereocenters. The van der Waals surface area contributed by atoms with Crippen LogP contribution in [0.3, 0.4) is 0 Å². The van der Waals surface area contributed by atoms with Crippen LogP contribution in [0, 0.1) is 13.8 Å². The first-order valence-electron chi connectivity index (χ1n) is 6.24. The summed E-state index contributed by atoms with van der Waals surface area (Å²) in [6.07, 6.45) is 2.81. The first kappa shape index (κ1) is 14.9. The summed E-state index contributed by atoms with van der Waals surface area (Å²) in [5.41, 5.74) is 2.57. The van der Waals surface area contributed by atoms with E-state index in [1.165, 1.54) is 27.0 Å². The largest absolute Gasteiger partial charge is 0.478 e. The Balaban J connectivity index is 2.01. The van der Waals surface area contributed by atoms with Gasteiger partial charge in [-0.2, -0.15) is 0 Å². The molecule has 1 aromatic carbocycles. The number of aryl methyl sites for hydroxylation is 2. The van der Waals surface area contributed by atoms with Gasteiger partial charge in [-0.3, -0.25) is 0 Å². The zero-order valence-electron chi connectivity index (χ0n) is 11.4. The summed E-state index contributed by atoms with van der Waals surface area (Å²) >= 11 is 3.46. The second-order valence-electron chi connectivity index (χ2n) is 4.53. The van der Waals surface area contributed by atoms with Crippen molar-refractivity contribution in [2.45, 2.75) is 24.5 Å². The summed E-state index contributed by atoms with van der Waals surface area (Å²) in [5.74, 6) is 0.000266. The number of carboxylic acid groups (broad SMARTS) is 1. The minimum absolute atomic E-state index is 0.912. The number of aliphatic carboxylic acids is 1. The van der Waals surface area contributed by atoms with Gasteiger partial charge in [0, 0.05) is 26.5 Å². The van der Waals surface area contributed by atoms with Gasteiger partial charge in [-0.15, -0.1) is 23.1 Å². The highest BCUT2D eigenvalue weighted by Crippen LogP contribution is 2.30. The highest BCUT2D eigenvalue weighted by Gasteiger charge is 2.03. The molecule has 0 atom stereocenters. The normalized spacial score (nSPS) is 11.1. The van der Waals surface area contributed by atoms with Crippen molar-refractivity contribution in [1.82, 2.24) is 0 Å². The molecular formula is C16H16O2S2. The van der Waals surface area contributed by atoms with E-state index in [1.807, 2.05) is 17.8 Å². The van der Waals surface area contributed by atoms with Crippen LogP contribution >= 0.6 is 23.1 Å². The van der Waals surface area contributed by atoms with Gasteiger partial charge < -0.3 is 5.11 Å². The van der Waals surface area contributed by atoms with Crippen molar-refractivity contribution in [3.05, 3.63) is 57.3 Å². The standard InChI is InChI=1S/C16H16O2S2/c1-11-3-4-12(2)15(9-11)19-10-14-6-5-13(20-14)7-8-16(17)18/h3-9H,10H2,1-2H3,(H,17,18). The highest BCUT2D eigenvalue weighted by atomic mass is 32.2. The van der Waals surface area contributed by atoms with Gasteiger partial charge in [-0.25, -0.2) is 4.79 Å². The van der Waals surface area contributed by atoms with Gasteiger partial charge in [0.1, 0.15) is 0 Å². The molecule has 0 aliphatic carbocycles. The number of hydrogen-bond donors (Lipinski definition) is 1. The number of rotatable bonds is 5. The maximum atomic E-state index is 10.5. The molecule has 2 aromatic rings. The third-order valence-corrected chi connectivity index (χ3v) is 5.23. The van der Waals surface area contributed by atoms with Crippen LogP contribution in [0.25, 0.3) is 6.08 Å². The lowest BCUT2D eigenvalue weighted by molar-refractivity contribution is -0.131. The lowest BCUT2D eigenvalue weighted by Crippen LogP contribution is -1.84. The smallest absolute Gasteiger partial charge is 0.328 e. The van der Waals surface area contributed by atoms with Crippen LogP contribution in [0.1, 0.15) is 20.9 Å². The van der Waals surface area contributed by atoms with Crippen molar-refractivity contribution >= 4 is 35.1 Å². The van der Waals surface area contributed by atoms with Gasteiger partial charge in [-0.05, 0) is 43.7 Å². The van der Waals surface area contributed by atoms with Gasteiger partial charge in [0.2, 0.25) is 0 Å². The predicted octanol–water partition coefficient (Wildman–Crippen LogP) is 4.76. The Hall–Kier alpha value is -1.52. The molecule has 1 N–H and O–H groups in total. The average molecular weight is 304 g/mol. The number of benzene rings is 1. The lowest BCUT2D eigenvalue weighted by atomic mass is 10.2. The van der Waals surface area contributed by atoms with Crippen molar-refractivity contribution < 1.29 is 9.90 Å². The van der Waals surface area contributed by atoms with Crippen molar-refractivity contribution in [3.8, 4) is 0 Å². The Kier molecular flexibility index (Phi) is 5.04. The van der Waals surface area contributed by atoms with Crippen LogP contribution in [0.5, 0.6) is 0 Å². The SMILES string of the molecule is Cc1ccc(C)c(SCc2ccc(C=CC(=O)O)s2)c1. The van der Waals surface area contributed by atoms with Gasteiger partial charge >= 0.3 is 5.97 Å². The molecule has 4 heteroatoms. The topological polar surface area (TPSA) is 37.3 Å². The van der Waals surface area contributed by atoms with Crippen LogP contribution in [-0.2, 0) is 10.5 Å². The molecule has 1 aromatic heterocycles. The van der Waals surface area contributed by atoms with E-state index in [0.717, 1.165) is 10.6 Å². The third kappa shape index (κ3) is 4.25. The molecule has 2 nitrogen and oxygen atoms in total. The maximum absolute atomic E-state index is 10.5. The van der Waals surface area contributed by atoms with Gasteiger partial charge in [-0.1, -0.05) is 17.7 Å². The summed E-state index contributed by atoms with van der Waals surface area (Å²) in [6.45, 7) is 4.22. The van der Waals surface area contributed by atoms with Crippen LogP contribution in [0.4, 0.5) is 0 Å². The molecule has 104 valence electrons. The highest BCUT2D eigenvalue weighted by molar-refractivity contribution is 7.98. The number of thiophene rings is 1. The lowest BCUT2D eigenvalue weighted by Gasteiger charge is -2.05.